The molecule has 2 amide bonds. The monoisotopic (exact) mass is 369 g/mol. The van der Waals surface area contributed by atoms with E-state index < -0.39 is 5.91 Å². The zero-order chi connectivity index (χ0) is 19.4. The lowest BCUT2D eigenvalue weighted by atomic mass is 9.94. The van der Waals surface area contributed by atoms with Crippen LogP contribution in [-0.2, 0) is 0 Å². The molecule has 3 rings (SSSR count). The van der Waals surface area contributed by atoms with Gasteiger partial charge < -0.3 is 16.0 Å². The van der Waals surface area contributed by atoms with Gasteiger partial charge in [0, 0.05) is 29.9 Å². The first-order valence-electron chi connectivity index (χ1n) is 9.19. The van der Waals surface area contributed by atoms with Crippen LogP contribution in [0.15, 0.2) is 42.5 Å². The highest BCUT2D eigenvalue weighted by atomic mass is 19.1. The normalized spacial score (nSPS) is 14.6. The third-order valence-corrected chi connectivity index (χ3v) is 5.14. The highest BCUT2D eigenvalue weighted by Crippen LogP contribution is 2.29. The van der Waals surface area contributed by atoms with Gasteiger partial charge in [-0.25, -0.2) is 4.39 Å². The fourth-order valence-corrected chi connectivity index (χ4v) is 3.52. The lowest BCUT2D eigenvalue weighted by molar-refractivity contribution is 0.0995. The largest absolute Gasteiger partial charge is 0.369 e. The lowest BCUT2D eigenvalue weighted by Gasteiger charge is -2.33. The van der Waals surface area contributed by atoms with Crippen LogP contribution < -0.4 is 16.0 Å². The van der Waals surface area contributed by atoms with Crippen LogP contribution in [0, 0.1) is 5.82 Å². The summed E-state index contributed by atoms with van der Waals surface area (Å²) >= 11 is 0. The van der Waals surface area contributed by atoms with E-state index in [0.717, 1.165) is 12.8 Å². The molecule has 3 N–H and O–H groups in total. The maximum absolute atomic E-state index is 14.6. The van der Waals surface area contributed by atoms with E-state index in [2.05, 4.69) is 5.32 Å². The number of amides is 2. The third kappa shape index (κ3) is 4.45. The number of hydrogen-bond acceptors (Lipinski definition) is 3. The van der Waals surface area contributed by atoms with E-state index in [0.29, 0.717) is 28.5 Å². The summed E-state index contributed by atoms with van der Waals surface area (Å²) in [6.45, 7) is 0. The fraction of sp³-hybridized carbons (Fsp3) is 0.333. The fourth-order valence-electron chi connectivity index (χ4n) is 3.52. The minimum atomic E-state index is -0.554. The molecule has 1 fully saturated rings. The first-order chi connectivity index (χ1) is 13.0. The molecule has 6 heteroatoms. The van der Waals surface area contributed by atoms with Crippen molar-refractivity contribution in [1.29, 1.82) is 0 Å². The Kier molecular flexibility index (Phi) is 5.74. The number of carbonyl (C=O) groups is 2. The van der Waals surface area contributed by atoms with Gasteiger partial charge in [-0.2, -0.15) is 0 Å². The number of halogens is 1. The molecule has 0 aromatic heterocycles. The van der Waals surface area contributed by atoms with Gasteiger partial charge >= 0.3 is 0 Å². The van der Waals surface area contributed by atoms with E-state index in [1.165, 1.54) is 49.6 Å². The van der Waals surface area contributed by atoms with E-state index in [-0.39, 0.29) is 11.7 Å². The summed E-state index contributed by atoms with van der Waals surface area (Å²) < 4.78 is 14.6. The molecular weight excluding hydrogens is 345 g/mol. The highest BCUT2D eigenvalue weighted by molar-refractivity contribution is 6.05. The van der Waals surface area contributed by atoms with E-state index in [1.54, 1.807) is 12.1 Å². The smallest absolute Gasteiger partial charge is 0.255 e. The molecule has 5 nitrogen and oxygen atoms in total. The van der Waals surface area contributed by atoms with Crippen molar-refractivity contribution in [3.05, 3.63) is 59.4 Å². The summed E-state index contributed by atoms with van der Waals surface area (Å²) in [5.74, 6) is -1.29. The number of anilines is 2. The van der Waals surface area contributed by atoms with Crippen molar-refractivity contribution in [2.75, 3.05) is 17.3 Å². The van der Waals surface area contributed by atoms with E-state index in [1.807, 2.05) is 11.9 Å². The SMILES string of the molecule is CN(c1ccc(NC(=O)c2ccc(C(N)=O)cc2)cc1F)C1CCCCC1. The van der Waals surface area contributed by atoms with Crippen LogP contribution in [0.5, 0.6) is 0 Å². The van der Waals surface area contributed by atoms with Crippen molar-refractivity contribution >= 4 is 23.2 Å². The Morgan fingerprint density at radius 2 is 1.67 bits per heavy atom. The topological polar surface area (TPSA) is 75.4 Å². The van der Waals surface area contributed by atoms with Gasteiger partial charge in [0.25, 0.3) is 5.91 Å². The van der Waals surface area contributed by atoms with Crippen molar-refractivity contribution in [2.45, 2.75) is 38.1 Å². The third-order valence-electron chi connectivity index (χ3n) is 5.14. The average Bonchev–Trinajstić information content (AvgIpc) is 2.68. The zero-order valence-corrected chi connectivity index (χ0v) is 15.4. The molecule has 0 unspecified atom stereocenters. The number of benzene rings is 2. The number of primary amides is 1. The summed E-state index contributed by atoms with van der Waals surface area (Å²) in [7, 11) is 1.92. The van der Waals surface area contributed by atoms with Crippen LogP contribution in [0.1, 0.15) is 52.8 Å². The predicted molar refractivity (Wildman–Crippen MR) is 105 cm³/mol. The summed E-state index contributed by atoms with van der Waals surface area (Å²) in [5, 5.41) is 2.68. The molecule has 0 radical (unpaired) electrons. The predicted octanol–water partition coefficient (Wildman–Crippen LogP) is 3.95. The zero-order valence-electron chi connectivity index (χ0n) is 15.4. The molecule has 0 aliphatic heterocycles. The van der Waals surface area contributed by atoms with Gasteiger partial charge in [0.1, 0.15) is 5.82 Å². The highest BCUT2D eigenvalue weighted by Gasteiger charge is 2.20. The van der Waals surface area contributed by atoms with E-state index >= 15 is 0 Å². The number of nitrogens with zero attached hydrogens (tertiary/aromatic N) is 1. The molecule has 2 aromatic rings. The van der Waals surface area contributed by atoms with Crippen LogP contribution in [0.3, 0.4) is 0 Å². The molecule has 0 heterocycles. The van der Waals surface area contributed by atoms with Crippen molar-refractivity contribution in [3.8, 4) is 0 Å². The van der Waals surface area contributed by atoms with Gasteiger partial charge in [-0.15, -0.1) is 0 Å². The van der Waals surface area contributed by atoms with Crippen LogP contribution in [-0.4, -0.2) is 24.9 Å². The molecule has 1 aliphatic rings. The van der Waals surface area contributed by atoms with Crippen LogP contribution in [0.25, 0.3) is 0 Å². The number of hydrogen-bond donors (Lipinski definition) is 2. The maximum Gasteiger partial charge on any atom is 0.255 e. The van der Waals surface area contributed by atoms with Gasteiger partial charge in [0.2, 0.25) is 5.91 Å². The number of rotatable bonds is 5. The molecule has 27 heavy (non-hydrogen) atoms. The summed E-state index contributed by atoms with van der Waals surface area (Å²) in [6.07, 6.45) is 5.77. The lowest BCUT2D eigenvalue weighted by Crippen LogP contribution is -2.33. The summed E-state index contributed by atoms with van der Waals surface area (Å²) in [5.41, 5.74) is 6.81. The molecule has 0 saturated heterocycles. The van der Waals surface area contributed by atoms with Crippen molar-refractivity contribution in [2.24, 2.45) is 5.73 Å². The van der Waals surface area contributed by atoms with Gasteiger partial charge in [0.05, 0.1) is 5.69 Å². The second kappa shape index (κ2) is 8.20. The van der Waals surface area contributed by atoms with Gasteiger partial charge in [-0.05, 0) is 55.3 Å². The second-order valence-electron chi connectivity index (χ2n) is 6.96. The first-order valence-corrected chi connectivity index (χ1v) is 9.19. The Labute approximate surface area is 158 Å². The van der Waals surface area contributed by atoms with E-state index in [4.69, 9.17) is 5.73 Å². The van der Waals surface area contributed by atoms with E-state index in [9.17, 15) is 14.0 Å². The Balaban J connectivity index is 1.69. The Morgan fingerprint density at radius 1 is 1.04 bits per heavy atom. The molecular formula is C21H24FN3O2. The standard InChI is InChI=1S/C21H24FN3O2/c1-25(17-5-3-2-4-6-17)19-12-11-16(13-18(19)22)24-21(27)15-9-7-14(8-10-15)20(23)26/h7-13,17H,2-6H2,1H3,(H2,23,26)(H,24,27). The molecule has 1 saturated carbocycles. The second-order valence-corrected chi connectivity index (χ2v) is 6.96. The van der Waals surface area contributed by atoms with Crippen molar-refractivity contribution < 1.29 is 14.0 Å². The molecule has 142 valence electrons. The van der Waals surface area contributed by atoms with Crippen molar-refractivity contribution in [1.82, 2.24) is 0 Å². The van der Waals surface area contributed by atoms with Gasteiger partial charge in [-0.1, -0.05) is 19.3 Å². The number of carbonyl (C=O) groups excluding carboxylic acids is 2. The van der Waals surface area contributed by atoms with Crippen LogP contribution in [0.4, 0.5) is 15.8 Å². The minimum absolute atomic E-state index is 0.327. The molecule has 1 aliphatic carbocycles. The Morgan fingerprint density at radius 3 is 2.26 bits per heavy atom. The number of nitrogens with two attached hydrogens (primary N) is 1. The molecule has 0 bridgehead atoms. The Hall–Kier alpha value is -2.89. The average molecular weight is 369 g/mol. The molecule has 2 aromatic carbocycles. The first kappa shape index (κ1) is 18.9. The van der Waals surface area contributed by atoms with Crippen molar-refractivity contribution in [3.63, 3.8) is 0 Å². The van der Waals surface area contributed by atoms with Crippen LogP contribution >= 0.6 is 0 Å². The summed E-state index contributed by atoms with van der Waals surface area (Å²) in [6, 6.07) is 11.1. The minimum Gasteiger partial charge on any atom is -0.369 e. The van der Waals surface area contributed by atoms with Crippen LogP contribution in [0.2, 0.25) is 0 Å². The Bertz CT molecular complexity index is 830. The summed E-state index contributed by atoms with van der Waals surface area (Å²) in [4.78, 5) is 25.4. The number of nitrogens with one attached hydrogen (secondary N) is 1. The van der Waals surface area contributed by atoms with Gasteiger partial charge in [0.15, 0.2) is 0 Å². The molecule has 0 spiro atoms. The van der Waals surface area contributed by atoms with Gasteiger partial charge in [-0.3, -0.25) is 9.59 Å². The molecule has 0 atom stereocenters. The quantitative estimate of drug-likeness (QED) is 0.838. The maximum atomic E-state index is 14.6.